The molecule has 2 aromatic heterocycles. The van der Waals surface area contributed by atoms with Gasteiger partial charge in [0.1, 0.15) is 6.04 Å². The van der Waals surface area contributed by atoms with Gasteiger partial charge in [-0.1, -0.05) is 13.8 Å². The zero-order valence-corrected chi connectivity index (χ0v) is 17.6. The Morgan fingerprint density at radius 1 is 1.25 bits per heavy atom. The molecule has 0 saturated carbocycles. The molecule has 0 aliphatic carbocycles. The van der Waals surface area contributed by atoms with Crippen LogP contribution in [-0.4, -0.2) is 49.2 Å². The second kappa shape index (κ2) is 7.18. The van der Waals surface area contributed by atoms with E-state index in [-0.39, 0.29) is 17.4 Å². The molecule has 1 fully saturated rings. The van der Waals surface area contributed by atoms with Crippen molar-refractivity contribution in [3.05, 3.63) is 23.0 Å². The Kier molecular flexibility index (Phi) is 5.21. The van der Waals surface area contributed by atoms with Gasteiger partial charge in [-0.25, -0.2) is 14.5 Å². The summed E-state index contributed by atoms with van der Waals surface area (Å²) in [5, 5.41) is 15.0. The number of aromatic nitrogens is 3. The molecular formula is C21H30N4O3. The zero-order chi connectivity index (χ0) is 20.8. The highest BCUT2D eigenvalue weighted by Crippen LogP contribution is 2.31. The lowest BCUT2D eigenvalue weighted by Gasteiger charge is -2.33. The monoisotopic (exact) mass is 386 g/mol. The van der Waals surface area contributed by atoms with Crippen molar-refractivity contribution in [1.82, 2.24) is 19.7 Å². The minimum Gasteiger partial charge on any atom is -0.480 e. The number of carbonyl (C=O) groups excluding carboxylic acids is 1. The molecule has 0 spiro atoms. The second-order valence-corrected chi connectivity index (χ2v) is 8.96. The first-order valence-corrected chi connectivity index (χ1v) is 9.97. The smallest absolute Gasteiger partial charge is 0.326 e. The number of hydrogen-bond acceptors (Lipinski definition) is 4. The molecule has 152 valence electrons. The number of hydrogen-bond donors (Lipinski definition) is 1. The maximum Gasteiger partial charge on any atom is 0.326 e. The van der Waals surface area contributed by atoms with Crippen molar-refractivity contribution in [2.75, 3.05) is 6.54 Å². The van der Waals surface area contributed by atoms with Crippen LogP contribution in [0.25, 0.3) is 11.0 Å². The van der Waals surface area contributed by atoms with Crippen molar-refractivity contribution in [3.8, 4) is 0 Å². The van der Waals surface area contributed by atoms with Gasteiger partial charge in [-0.05, 0) is 58.9 Å². The highest BCUT2D eigenvalue weighted by Gasteiger charge is 2.34. The third-order valence-corrected chi connectivity index (χ3v) is 5.34. The molecule has 1 saturated heterocycles. The van der Waals surface area contributed by atoms with E-state index < -0.39 is 12.0 Å². The number of carbonyl (C=O) groups is 2. The van der Waals surface area contributed by atoms with E-state index in [0.717, 1.165) is 29.6 Å². The van der Waals surface area contributed by atoms with E-state index in [1.54, 1.807) is 0 Å². The van der Waals surface area contributed by atoms with E-state index in [2.05, 4.69) is 25.9 Å². The summed E-state index contributed by atoms with van der Waals surface area (Å²) in [6.07, 6.45) is 2.14. The minimum absolute atomic E-state index is 0.135. The normalized spacial score (nSPS) is 18.1. The van der Waals surface area contributed by atoms with Crippen molar-refractivity contribution in [2.24, 2.45) is 0 Å². The SMILES string of the molecule is Cc1nn(C(C)(C)C)c2nc(C(C)C)cc(C(=O)N3CCCC[C@@H]3C(=O)O)c12. The molecule has 0 bridgehead atoms. The van der Waals surface area contributed by atoms with Gasteiger partial charge in [0.2, 0.25) is 0 Å². The quantitative estimate of drug-likeness (QED) is 0.869. The van der Waals surface area contributed by atoms with Gasteiger partial charge < -0.3 is 10.0 Å². The van der Waals surface area contributed by atoms with Gasteiger partial charge in [-0.3, -0.25) is 4.79 Å². The van der Waals surface area contributed by atoms with E-state index in [1.807, 2.05) is 31.5 Å². The molecule has 0 unspecified atom stereocenters. The summed E-state index contributed by atoms with van der Waals surface area (Å²) in [5.74, 6) is -1.04. The Labute approximate surface area is 165 Å². The van der Waals surface area contributed by atoms with Gasteiger partial charge in [0, 0.05) is 12.2 Å². The average molecular weight is 386 g/mol. The first kappa shape index (κ1) is 20.3. The first-order chi connectivity index (χ1) is 13.0. The van der Waals surface area contributed by atoms with Gasteiger partial charge in [-0.2, -0.15) is 5.10 Å². The second-order valence-electron chi connectivity index (χ2n) is 8.96. The van der Waals surface area contributed by atoms with Crippen LogP contribution in [0.1, 0.15) is 81.5 Å². The van der Waals surface area contributed by atoms with E-state index in [9.17, 15) is 14.7 Å². The van der Waals surface area contributed by atoms with Gasteiger partial charge in [0.25, 0.3) is 5.91 Å². The molecule has 3 rings (SSSR count). The Morgan fingerprint density at radius 2 is 1.93 bits per heavy atom. The lowest BCUT2D eigenvalue weighted by atomic mass is 9.98. The zero-order valence-electron chi connectivity index (χ0n) is 17.6. The summed E-state index contributed by atoms with van der Waals surface area (Å²) in [7, 11) is 0. The third-order valence-electron chi connectivity index (χ3n) is 5.34. The molecule has 2 aromatic rings. The number of rotatable bonds is 3. The van der Waals surface area contributed by atoms with Gasteiger partial charge in [0.15, 0.2) is 5.65 Å². The van der Waals surface area contributed by atoms with Crippen LogP contribution in [0.4, 0.5) is 0 Å². The summed E-state index contributed by atoms with van der Waals surface area (Å²) in [6, 6.07) is 1.05. The first-order valence-electron chi connectivity index (χ1n) is 9.97. The number of amides is 1. The minimum atomic E-state index is -0.940. The molecule has 1 atom stereocenters. The highest BCUT2D eigenvalue weighted by molar-refractivity contribution is 6.07. The molecule has 0 radical (unpaired) electrons. The van der Waals surface area contributed by atoms with Gasteiger partial charge in [0.05, 0.1) is 22.2 Å². The van der Waals surface area contributed by atoms with Crippen LogP contribution >= 0.6 is 0 Å². The Bertz CT molecular complexity index is 924. The lowest BCUT2D eigenvalue weighted by Crippen LogP contribution is -2.48. The fourth-order valence-electron chi connectivity index (χ4n) is 3.83. The van der Waals surface area contributed by atoms with Crippen molar-refractivity contribution in [3.63, 3.8) is 0 Å². The summed E-state index contributed by atoms with van der Waals surface area (Å²) in [6.45, 7) is 12.6. The molecule has 1 aliphatic rings. The number of aryl methyl sites for hydroxylation is 1. The summed E-state index contributed by atoms with van der Waals surface area (Å²) in [5.41, 5.74) is 2.45. The lowest BCUT2D eigenvalue weighted by molar-refractivity contribution is -0.143. The van der Waals surface area contributed by atoms with Crippen molar-refractivity contribution >= 4 is 22.9 Å². The van der Waals surface area contributed by atoms with Crippen LogP contribution in [0.2, 0.25) is 0 Å². The number of likely N-dealkylation sites (tertiary alicyclic amines) is 1. The standard InChI is InChI=1S/C21H30N4O3/c1-12(2)15-11-14(19(26)24-10-8-7-9-16(24)20(27)28)17-13(3)23-25(18(17)22-15)21(4,5)6/h11-12,16H,7-10H2,1-6H3,(H,27,28)/t16-/m1/s1. The average Bonchev–Trinajstić information content (AvgIpc) is 2.97. The fourth-order valence-corrected chi connectivity index (χ4v) is 3.83. The summed E-state index contributed by atoms with van der Waals surface area (Å²) in [4.78, 5) is 31.6. The number of pyridine rings is 1. The molecule has 3 heterocycles. The van der Waals surface area contributed by atoms with Crippen LogP contribution in [-0.2, 0) is 10.3 Å². The Balaban J connectivity index is 2.23. The maximum absolute atomic E-state index is 13.5. The molecular weight excluding hydrogens is 356 g/mol. The third kappa shape index (κ3) is 3.50. The van der Waals surface area contributed by atoms with Crippen LogP contribution in [0, 0.1) is 6.92 Å². The Hall–Kier alpha value is -2.44. The number of carboxylic acid groups (broad SMARTS) is 1. The van der Waals surface area contributed by atoms with Crippen molar-refractivity contribution < 1.29 is 14.7 Å². The van der Waals surface area contributed by atoms with E-state index >= 15 is 0 Å². The predicted octanol–water partition coefficient (Wildman–Crippen LogP) is 3.70. The molecule has 28 heavy (non-hydrogen) atoms. The van der Waals surface area contributed by atoms with Gasteiger partial charge >= 0.3 is 5.97 Å². The summed E-state index contributed by atoms with van der Waals surface area (Å²) < 4.78 is 1.87. The van der Waals surface area contributed by atoms with Crippen LogP contribution in [0.3, 0.4) is 0 Å². The number of aliphatic carboxylic acids is 1. The molecule has 1 N–H and O–H groups in total. The fraction of sp³-hybridized carbons (Fsp3) is 0.619. The van der Waals surface area contributed by atoms with Gasteiger partial charge in [-0.15, -0.1) is 0 Å². The molecule has 0 aromatic carbocycles. The van der Waals surface area contributed by atoms with Crippen molar-refractivity contribution in [2.45, 2.75) is 78.3 Å². The largest absolute Gasteiger partial charge is 0.480 e. The van der Waals surface area contributed by atoms with Crippen LogP contribution in [0.15, 0.2) is 6.07 Å². The topological polar surface area (TPSA) is 88.3 Å². The number of nitrogens with zero attached hydrogens (tertiary/aromatic N) is 4. The number of piperidine rings is 1. The van der Waals surface area contributed by atoms with Crippen LogP contribution < -0.4 is 0 Å². The molecule has 1 aliphatic heterocycles. The predicted molar refractivity (Wildman–Crippen MR) is 108 cm³/mol. The number of fused-ring (bicyclic) bond motifs is 1. The number of carboxylic acids is 1. The van der Waals surface area contributed by atoms with E-state index in [1.165, 1.54) is 4.90 Å². The van der Waals surface area contributed by atoms with E-state index in [4.69, 9.17) is 4.98 Å². The summed E-state index contributed by atoms with van der Waals surface area (Å²) >= 11 is 0. The maximum atomic E-state index is 13.5. The molecule has 7 nitrogen and oxygen atoms in total. The van der Waals surface area contributed by atoms with Crippen molar-refractivity contribution in [1.29, 1.82) is 0 Å². The molecule has 7 heteroatoms. The Morgan fingerprint density at radius 3 is 2.50 bits per heavy atom. The molecule has 1 amide bonds. The highest BCUT2D eigenvalue weighted by atomic mass is 16.4. The van der Waals surface area contributed by atoms with Crippen LogP contribution in [0.5, 0.6) is 0 Å². The van der Waals surface area contributed by atoms with E-state index in [0.29, 0.717) is 24.2 Å².